The number of nitrogens with zero attached hydrogens (tertiary/aromatic N) is 1. The second-order valence-electron chi connectivity index (χ2n) is 5.06. The van der Waals surface area contributed by atoms with Crippen molar-refractivity contribution in [1.82, 2.24) is 10.3 Å². The fourth-order valence-corrected chi connectivity index (χ4v) is 3.64. The van der Waals surface area contributed by atoms with E-state index in [-0.39, 0.29) is 11.7 Å². The maximum Gasteiger partial charge on any atom is 0.226 e. The number of hydrogen-bond acceptors (Lipinski definition) is 5. The van der Waals surface area contributed by atoms with Crippen LogP contribution in [0.2, 0.25) is 0 Å². The van der Waals surface area contributed by atoms with Crippen LogP contribution in [0, 0.1) is 0 Å². The quantitative estimate of drug-likeness (QED) is 0.427. The Morgan fingerprint density at radius 3 is 2.78 bits per heavy atom. The second-order valence-corrected chi connectivity index (χ2v) is 7.14. The molecule has 1 N–H and O–H groups in total. The van der Waals surface area contributed by atoms with Crippen LogP contribution >= 0.6 is 23.1 Å². The van der Waals surface area contributed by atoms with Crippen molar-refractivity contribution in [2.24, 2.45) is 0 Å². The minimum atomic E-state index is 0.000613. The average molecular weight is 348 g/mol. The zero-order valence-corrected chi connectivity index (χ0v) is 14.7. The number of carbonyl (C=O) groups is 2. The van der Waals surface area contributed by atoms with E-state index in [1.165, 1.54) is 23.1 Å². The van der Waals surface area contributed by atoms with Crippen LogP contribution in [0.5, 0.6) is 0 Å². The Hall–Kier alpha value is -1.66. The Morgan fingerprint density at radius 2 is 2.04 bits per heavy atom. The monoisotopic (exact) mass is 348 g/mol. The number of Topliss-reactive ketones (excluding diaryl/α,β-unsaturated/α-hetero) is 1. The number of nitrogens with one attached hydrogen (secondary N) is 1. The number of carbonyl (C=O) groups excluding carboxylic acids is 2. The molecule has 0 saturated heterocycles. The summed E-state index contributed by atoms with van der Waals surface area (Å²) in [6, 6.07) is 9.24. The average Bonchev–Trinajstić information content (AvgIpc) is 3.01. The summed E-state index contributed by atoms with van der Waals surface area (Å²) in [7, 11) is 0. The van der Waals surface area contributed by atoms with Gasteiger partial charge in [-0.15, -0.1) is 11.3 Å². The lowest BCUT2D eigenvalue weighted by Gasteiger charge is -2.02. The number of thioether (sulfide) groups is 1. The molecule has 1 amide bonds. The van der Waals surface area contributed by atoms with Gasteiger partial charge in [-0.25, -0.2) is 4.98 Å². The lowest BCUT2D eigenvalue weighted by atomic mass is 10.2. The highest BCUT2D eigenvalue weighted by Gasteiger charge is 2.10. The molecule has 1 heterocycles. The van der Waals surface area contributed by atoms with Gasteiger partial charge in [0.25, 0.3) is 0 Å². The van der Waals surface area contributed by atoms with Crippen LogP contribution in [0.25, 0.3) is 0 Å². The fourth-order valence-electron chi connectivity index (χ4n) is 1.90. The van der Waals surface area contributed by atoms with Gasteiger partial charge in [-0.1, -0.05) is 55.4 Å². The Labute approximate surface area is 144 Å². The molecule has 0 spiro atoms. The predicted molar refractivity (Wildman–Crippen MR) is 95.2 cm³/mol. The van der Waals surface area contributed by atoms with Crippen molar-refractivity contribution < 1.29 is 9.59 Å². The number of unbranched alkanes of at least 4 members (excludes halogenated alkanes) is 1. The standard InChI is InChI=1S/C17H20N2O2S2/c1-2-3-9-18-16(21)10-14-11-22-17(19-14)23-12-15(20)13-7-5-4-6-8-13/h4-8,11H,2-3,9-10,12H2,1H3,(H,18,21). The first-order chi connectivity index (χ1) is 11.2. The van der Waals surface area contributed by atoms with Crippen molar-refractivity contribution in [2.45, 2.75) is 30.5 Å². The first-order valence-corrected chi connectivity index (χ1v) is 9.47. The molecular formula is C17H20N2O2S2. The van der Waals surface area contributed by atoms with Crippen LogP contribution in [0.1, 0.15) is 35.8 Å². The van der Waals surface area contributed by atoms with E-state index in [0.29, 0.717) is 24.3 Å². The maximum atomic E-state index is 12.0. The van der Waals surface area contributed by atoms with Crippen LogP contribution in [0.15, 0.2) is 40.1 Å². The Bertz CT molecular complexity index is 641. The molecule has 4 nitrogen and oxygen atoms in total. The van der Waals surface area contributed by atoms with E-state index in [2.05, 4.69) is 17.2 Å². The zero-order chi connectivity index (χ0) is 16.5. The van der Waals surface area contributed by atoms with Crippen LogP contribution in [-0.2, 0) is 11.2 Å². The van der Waals surface area contributed by atoms with E-state index >= 15 is 0 Å². The number of amides is 1. The first-order valence-electron chi connectivity index (χ1n) is 7.61. The highest BCUT2D eigenvalue weighted by molar-refractivity contribution is 8.01. The Balaban J connectivity index is 1.78. The topological polar surface area (TPSA) is 59.1 Å². The van der Waals surface area contributed by atoms with Gasteiger partial charge in [-0.05, 0) is 6.42 Å². The highest BCUT2D eigenvalue weighted by Crippen LogP contribution is 2.23. The third-order valence-electron chi connectivity index (χ3n) is 3.15. The number of aromatic nitrogens is 1. The van der Waals surface area contributed by atoms with Crippen LogP contribution in [0.3, 0.4) is 0 Å². The molecular weight excluding hydrogens is 328 g/mol. The van der Waals surface area contributed by atoms with Gasteiger partial charge in [0.2, 0.25) is 5.91 Å². The summed E-state index contributed by atoms with van der Waals surface area (Å²) in [5, 5.41) is 4.76. The van der Waals surface area contributed by atoms with Crippen molar-refractivity contribution in [2.75, 3.05) is 12.3 Å². The summed E-state index contributed by atoms with van der Waals surface area (Å²) in [6.07, 6.45) is 2.35. The minimum absolute atomic E-state index is 0.000613. The summed E-state index contributed by atoms with van der Waals surface area (Å²) >= 11 is 2.90. The van der Waals surface area contributed by atoms with Gasteiger partial charge >= 0.3 is 0 Å². The van der Waals surface area contributed by atoms with Crippen molar-refractivity contribution in [1.29, 1.82) is 0 Å². The normalized spacial score (nSPS) is 10.5. The molecule has 1 aromatic carbocycles. The molecule has 6 heteroatoms. The molecule has 23 heavy (non-hydrogen) atoms. The van der Waals surface area contributed by atoms with E-state index in [1.807, 2.05) is 35.7 Å². The van der Waals surface area contributed by atoms with E-state index in [0.717, 1.165) is 22.9 Å². The number of thiazole rings is 1. The van der Waals surface area contributed by atoms with Crippen molar-refractivity contribution in [3.63, 3.8) is 0 Å². The smallest absolute Gasteiger partial charge is 0.226 e. The first kappa shape index (κ1) is 17.7. The third kappa shape index (κ3) is 6.15. The number of rotatable bonds is 9. The summed E-state index contributed by atoms with van der Waals surface area (Å²) in [4.78, 5) is 28.2. The molecule has 2 rings (SSSR count). The molecule has 0 bridgehead atoms. The number of ketones is 1. The van der Waals surface area contributed by atoms with Gasteiger partial charge in [-0.2, -0.15) is 0 Å². The lowest BCUT2D eigenvalue weighted by molar-refractivity contribution is -0.120. The van der Waals surface area contributed by atoms with Gasteiger partial charge in [0.05, 0.1) is 17.9 Å². The Morgan fingerprint density at radius 1 is 1.26 bits per heavy atom. The van der Waals surface area contributed by atoms with Crippen molar-refractivity contribution >= 4 is 34.8 Å². The largest absolute Gasteiger partial charge is 0.356 e. The second kappa shape index (κ2) is 9.47. The molecule has 1 aromatic heterocycles. The summed E-state index contributed by atoms with van der Waals surface area (Å²) in [5.41, 5.74) is 1.48. The summed E-state index contributed by atoms with van der Waals surface area (Å²) in [6.45, 7) is 2.81. The van der Waals surface area contributed by atoms with Crippen LogP contribution < -0.4 is 5.32 Å². The Kier molecular flexibility index (Phi) is 7.29. The summed E-state index contributed by atoms with van der Waals surface area (Å²) in [5.74, 6) is 0.449. The van der Waals surface area contributed by atoms with Crippen molar-refractivity contribution in [3.05, 3.63) is 47.0 Å². The molecule has 0 aliphatic carbocycles. The van der Waals surface area contributed by atoms with Gasteiger partial charge in [0, 0.05) is 17.5 Å². The molecule has 122 valence electrons. The third-order valence-corrected chi connectivity index (χ3v) is 5.22. The predicted octanol–water partition coefficient (Wildman–Crippen LogP) is 3.58. The molecule has 0 saturated carbocycles. The highest BCUT2D eigenvalue weighted by atomic mass is 32.2. The van der Waals surface area contributed by atoms with Gasteiger partial charge < -0.3 is 5.32 Å². The van der Waals surface area contributed by atoms with E-state index in [9.17, 15) is 9.59 Å². The van der Waals surface area contributed by atoms with E-state index in [4.69, 9.17) is 0 Å². The molecule has 0 fully saturated rings. The van der Waals surface area contributed by atoms with Gasteiger partial charge in [-0.3, -0.25) is 9.59 Å². The zero-order valence-electron chi connectivity index (χ0n) is 13.1. The molecule has 2 aromatic rings. The lowest BCUT2D eigenvalue weighted by Crippen LogP contribution is -2.26. The SMILES string of the molecule is CCCCNC(=O)Cc1csc(SCC(=O)c2ccccc2)n1. The number of hydrogen-bond donors (Lipinski definition) is 1. The molecule has 0 atom stereocenters. The molecule has 0 radical (unpaired) electrons. The minimum Gasteiger partial charge on any atom is -0.356 e. The molecule has 0 aliphatic rings. The fraction of sp³-hybridized carbons (Fsp3) is 0.353. The van der Waals surface area contributed by atoms with Crippen molar-refractivity contribution in [3.8, 4) is 0 Å². The summed E-state index contributed by atoms with van der Waals surface area (Å²) < 4.78 is 0.825. The number of benzene rings is 1. The van der Waals surface area contributed by atoms with Crippen LogP contribution in [-0.4, -0.2) is 29.0 Å². The van der Waals surface area contributed by atoms with Gasteiger partial charge in [0.1, 0.15) is 0 Å². The molecule has 0 unspecified atom stereocenters. The van der Waals surface area contributed by atoms with E-state index < -0.39 is 0 Å². The van der Waals surface area contributed by atoms with Crippen LogP contribution in [0.4, 0.5) is 0 Å². The van der Waals surface area contributed by atoms with E-state index in [1.54, 1.807) is 0 Å². The maximum absolute atomic E-state index is 12.0. The molecule has 0 aliphatic heterocycles. The van der Waals surface area contributed by atoms with Gasteiger partial charge in [0.15, 0.2) is 10.1 Å².